The Morgan fingerprint density at radius 1 is 1.03 bits per heavy atom. The van der Waals surface area contributed by atoms with Gasteiger partial charge in [-0.15, -0.1) is 0 Å². The average molecular weight is 467 g/mol. The summed E-state index contributed by atoms with van der Waals surface area (Å²) >= 11 is 0. The van der Waals surface area contributed by atoms with E-state index in [4.69, 9.17) is 4.74 Å². The number of fused-ring (bicyclic) bond motifs is 3. The fourth-order valence-electron chi connectivity index (χ4n) is 4.77. The van der Waals surface area contributed by atoms with Gasteiger partial charge in [-0.25, -0.2) is 4.79 Å². The first kappa shape index (κ1) is 23.8. The van der Waals surface area contributed by atoms with Crippen LogP contribution in [-0.4, -0.2) is 64.9 Å². The van der Waals surface area contributed by atoms with E-state index in [0.717, 1.165) is 41.5 Å². The highest BCUT2D eigenvalue weighted by Gasteiger charge is 2.35. The molecular formula is C26H30N2O6. The topological polar surface area (TPSA) is 116 Å². The van der Waals surface area contributed by atoms with Gasteiger partial charge >= 0.3 is 12.1 Å². The van der Waals surface area contributed by atoms with Crippen molar-refractivity contribution in [3.8, 4) is 11.1 Å². The van der Waals surface area contributed by atoms with E-state index < -0.39 is 30.4 Å². The van der Waals surface area contributed by atoms with Gasteiger partial charge in [0.05, 0.1) is 6.42 Å². The SMILES string of the molecule is O=C(O)CC(NC(=O)OCC1c2ccccc2-c2ccccc21)C(=O)N(CCCO)C1CCC1. The molecule has 8 heteroatoms. The lowest BCUT2D eigenvalue weighted by Crippen LogP contribution is -2.54. The molecule has 8 nitrogen and oxygen atoms in total. The molecule has 0 saturated heterocycles. The highest BCUT2D eigenvalue weighted by molar-refractivity contribution is 5.89. The molecule has 2 amide bonds. The number of hydrogen-bond donors (Lipinski definition) is 3. The van der Waals surface area contributed by atoms with Crippen molar-refractivity contribution in [1.29, 1.82) is 0 Å². The minimum Gasteiger partial charge on any atom is -0.481 e. The molecule has 0 heterocycles. The van der Waals surface area contributed by atoms with Crippen LogP contribution < -0.4 is 5.32 Å². The number of carbonyl (C=O) groups excluding carboxylic acids is 2. The number of carboxylic acids is 1. The summed E-state index contributed by atoms with van der Waals surface area (Å²) in [6.45, 7) is 0.326. The van der Waals surface area contributed by atoms with E-state index in [9.17, 15) is 24.6 Å². The first-order chi connectivity index (χ1) is 16.5. The van der Waals surface area contributed by atoms with Gasteiger partial charge in [-0.05, 0) is 47.9 Å². The van der Waals surface area contributed by atoms with E-state index in [1.807, 2.05) is 48.5 Å². The molecule has 0 bridgehead atoms. The molecule has 2 aromatic rings. The van der Waals surface area contributed by atoms with Crippen molar-refractivity contribution >= 4 is 18.0 Å². The van der Waals surface area contributed by atoms with Gasteiger partial charge < -0.3 is 25.2 Å². The normalized spacial score (nSPS) is 15.6. The van der Waals surface area contributed by atoms with Gasteiger partial charge in [-0.3, -0.25) is 9.59 Å². The monoisotopic (exact) mass is 466 g/mol. The van der Waals surface area contributed by atoms with Gasteiger partial charge in [0.2, 0.25) is 5.91 Å². The lowest BCUT2D eigenvalue weighted by Gasteiger charge is -2.39. The molecule has 3 N–H and O–H groups in total. The molecule has 4 rings (SSSR count). The Balaban J connectivity index is 1.43. The highest BCUT2D eigenvalue weighted by Crippen LogP contribution is 2.44. The minimum absolute atomic E-state index is 0.0136. The second kappa shape index (κ2) is 10.7. The molecule has 1 atom stereocenters. The Kier molecular flexibility index (Phi) is 7.47. The predicted octanol–water partition coefficient (Wildman–Crippen LogP) is 3.13. The minimum atomic E-state index is -1.23. The Bertz CT molecular complexity index is 1010. The molecule has 2 aliphatic rings. The highest BCUT2D eigenvalue weighted by atomic mass is 16.5. The number of rotatable bonds is 10. The van der Waals surface area contributed by atoms with Crippen LogP contribution in [0.5, 0.6) is 0 Å². The van der Waals surface area contributed by atoms with Gasteiger partial charge in [-0.1, -0.05) is 48.5 Å². The molecule has 1 unspecified atom stereocenters. The Morgan fingerprint density at radius 2 is 1.65 bits per heavy atom. The fraction of sp³-hybridized carbons (Fsp3) is 0.423. The summed E-state index contributed by atoms with van der Waals surface area (Å²) in [7, 11) is 0. The van der Waals surface area contributed by atoms with E-state index in [1.165, 1.54) is 0 Å². The van der Waals surface area contributed by atoms with Crippen molar-refractivity contribution in [3.63, 3.8) is 0 Å². The van der Waals surface area contributed by atoms with Crippen molar-refractivity contribution in [2.45, 2.75) is 50.1 Å². The molecule has 2 aliphatic carbocycles. The molecule has 0 spiro atoms. The number of nitrogens with one attached hydrogen (secondary N) is 1. The van der Waals surface area contributed by atoms with Gasteiger partial charge in [-0.2, -0.15) is 0 Å². The van der Waals surface area contributed by atoms with Crippen LogP contribution in [0.3, 0.4) is 0 Å². The van der Waals surface area contributed by atoms with Crippen LogP contribution in [-0.2, 0) is 14.3 Å². The molecule has 34 heavy (non-hydrogen) atoms. The Labute approximate surface area is 198 Å². The summed E-state index contributed by atoms with van der Waals surface area (Å²) in [5.41, 5.74) is 4.33. The summed E-state index contributed by atoms with van der Waals surface area (Å²) in [6, 6.07) is 14.7. The van der Waals surface area contributed by atoms with E-state index >= 15 is 0 Å². The number of aliphatic carboxylic acids is 1. The quantitative estimate of drug-likeness (QED) is 0.495. The fourth-order valence-corrected chi connectivity index (χ4v) is 4.77. The van der Waals surface area contributed by atoms with Crippen LogP contribution in [0.25, 0.3) is 11.1 Å². The van der Waals surface area contributed by atoms with E-state index in [0.29, 0.717) is 13.0 Å². The second-order valence-electron chi connectivity index (χ2n) is 8.81. The number of aliphatic hydroxyl groups is 1. The maximum absolute atomic E-state index is 13.2. The number of aliphatic hydroxyl groups excluding tert-OH is 1. The average Bonchev–Trinajstić information content (AvgIpc) is 3.11. The van der Waals surface area contributed by atoms with E-state index in [-0.39, 0.29) is 25.2 Å². The summed E-state index contributed by atoms with van der Waals surface area (Å²) in [4.78, 5) is 38.8. The third-order valence-corrected chi connectivity index (χ3v) is 6.67. The molecule has 1 saturated carbocycles. The lowest BCUT2D eigenvalue weighted by molar-refractivity contribution is -0.144. The van der Waals surface area contributed by atoms with Gasteiger partial charge in [0.1, 0.15) is 12.6 Å². The maximum atomic E-state index is 13.2. The van der Waals surface area contributed by atoms with Crippen LogP contribution in [0.15, 0.2) is 48.5 Å². The zero-order chi connectivity index (χ0) is 24.1. The van der Waals surface area contributed by atoms with Crippen molar-refractivity contribution in [1.82, 2.24) is 10.2 Å². The number of carbonyl (C=O) groups is 3. The Hall–Kier alpha value is -3.39. The van der Waals surface area contributed by atoms with Crippen molar-refractivity contribution in [2.75, 3.05) is 19.8 Å². The number of nitrogens with zero attached hydrogens (tertiary/aromatic N) is 1. The van der Waals surface area contributed by atoms with Crippen LogP contribution in [0, 0.1) is 0 Å². The van der Waals surface area contributed by atoms with Crippen LogP contribution in [0.1, 0.15) is 49.1 Å². The van der Waals surface area contributed by atoms with Gasteiger partial charge in [0.15, 0.2) is 0 Å². The first-order valence-electron chi connectivity index (χ1n) is 11.7. The first-order valence-corrected chi connectivity index (χ1v) is 11.7. The van der Waals surface area contributed by atoms with Crippen molar-refractivity contribution in [2.24, 2.45) is 0 Å². The zero-order valence-electron chi connectivity index (χ0n) is 19.0. The molecule has 0 aliphatic heterocycles. The second-order valence-corrected chi connectivity index (χ2v) is 8.81. The number of hydrogen-bond acceptors (Lipinski definition) is 5. The number of ether oxygens (including phenoxy) is 1. The predicted molar refractivity (Wildman–Crippen MR) is 125 cm³/mol. The molecule has 0 aromatic heterocycles. The zero-order valence-corrected chi connectivity index (χ0v) is 19.0. The maximum Gasteiger partial charge on any atom is 0.407 e. The van der Waals surface area contributed by atoms with E-state index in [2.05, 4.69) is 5.32 Å². The number of alkyl carbamates (subject to hydrolysis) is 1. The third-order valence-electron chi connectivity index (χ3n) is 6.67. The van der Waals surface area contributed by atoms with Crippen molar-refractivity contribution < 1.29 is 29.3 Å². The van der Waals surface area contributed by atoms with Crippen LogP contribution in [0.4, 0.5) is 4.79 Å². The smallest absolute Gasteiger partial charge is 0.407 e. The third kappa shape index (κ3) is 5.07. The molecule has 1 fully saturated rings. The lowest BCUT2D eigenvalue weighted by atomic mass is 9.90. The molecule has 180 valence electrons. The molecule has 2 aromatic carbocycles. The number of carboxylic acid groups (broad SMARTS) is 1. The van der Waals surface area contributed by atoms with Crippen LogP contribution >= 0.6 is 0 Å². The summed E-state index contributed by atoms with van der Waals surface area (Å²) < 4.78 is 5.51. The molecular weight excluding hydrogens is 436 g/mol. The van der Waals surface area contributed by atoms with Gasteiger partial charge in [0.25, 0.3) is 0 Å². The van der Waals surface area contributed by atoms with E-state index in [1.54, 1.807) is 4.90 Å². The summed E-state index contributed by atoms with van der Waals surface area (Å²) in [6.07, 6.45) is 1.70. The standard InChI is InChI=1S/C26H30N2O6/c29-14-6-13-28(17-7-5-8-17)25(32)23(15-24(30)31)27-26(33)34-16-22-20-11-3-1-9-18(20)19-10-2-4-12-21(19)22/h1-4,9-12,17,22-23,29H,5-8,13-16H2,(H,27,33)(H,30,31). The van der Waals surface area contributed by atoms with Crippen molar-refractivity contribution in [3.05, 3.63) is 59.7 Å². The van der Waals surface area contributed by atoms with Gasteiger partial charge in [0, 0.05) is 25.1 Å². The van der Waals surface area contributed by atoms with Crippen LogP contribution in [0.2, 0.25) is 0 Å². The summed E-state index contributed by atoms with van der Waals surface area (Å²) in [5.74, 6) is -1.77. The number of benzene rings is 2. The molecule has 0 radical (unpaired) electrons. The summed E-state index contributed by atoms with van der Waals surface area (Å²) in [5, 5.41) is 21.0. The number of amides is 2. The largest absolute Gasteiger partial charge is 0.481 e. The Morgan fingerprint density at radius 3 is 2.18 bits per heavy atom.